The van der Waals surface area contributed by atoms with Crippen LogP contribution < -0.4 is 10.5 Å². The largest absolute Gasteiger partial charge is 0.326 e. The molecule has 108 valence electrons. The Labute approximate surface area is 138 Å². The van der Waals surface area contributed by atoms with E-state index < -0.39 is 10.0 Å². The SMILES string of the molecule is NCc1cc(S(=O)(=O)NCc2ccccc2Br)c(Br)s1. The third-order valence-electron chi connectivity index (χ3n) is 2.61. The van der Waals surface area contributed by atoms with Crippen molar-refractivity contribution in [2.45, 2.75) is 18.0 Å². The molecule has 0 aliphatic carbocycles. The van der Waals surface area contributed by atoms with E-state index >= 15 is 0 Å². The standard InChI is InChI=1S/C12H12Br2N2O2S2/c13-10-4-2-1-3-8(10)7-16-20(17,18)11-5-9(6-15)19-12(11)14/h1-5,16H,6-7,15H2. The molecule has 2 rings (SSSR count). The molecule has 8 heteroatoms. The molecule has 0 atom stereocenters. The summed E-state index contributed by atoms with van der Waals surface area (Å²) in [6.45, 7) is 0.549. The Bertz CT molecular complexity index is 714. The van der Waals surface area contributed by atoms with Crippen LogP contribution in [0.5, 0.6) is 0 Å². The number of benzene rings is 1. The molecule has 4 nitrogen and oxygen atoms in total. The van der Waals surface area contributed by atoms with Crippen molar-refractivity contribution in [1.82, 2.24) is 4.72 Å². The van der Waals surface area contributed by atoms with Crippen LogP contribution in [0.2, 0.25) is 0 Å². The van der Waals surface area contributed by atoms with Crippen LogP contribution in [0.15, 0.2) is 43.5 Å². The van der Waals surface area contributed by atoms with Gasteiger partial charge in [0.25, 0.3) is 0 Å². The average molecular weight is 440 g/mol. The van der Waals surface area contributed by atoms with E-state index in [1.54, 1.807) is 6.07 Å². The second-order valence-electron chi connectivity index (χ2n) is 3.97. The van der Waals surface area contributed by atoms with Gasteiger partial charge in [-0.05, 0) is 33.6 Å². The Hall–Kier alpha value is -0.250. The van der Waals surface area contributed by atoms with E-state index in [4.69, 9.17) is 5.73 Å². The van der Waals surface area contributed by atoms with Crippen LogP contribution in [0.1, 0.15) is 10.4 Å². The second-order valence-corrected chi connectivity index (χ2v) is 9.02. The highest BCUT2D eigenvalue weighted by atomic mass is 79.9. The number of thiophene rings is 1. The first-order valence-corrected chi connectivity index (χ1v) is 9.54. The highest BCUT2D eigenvalue weighted by Crippen LogP contribution is 2.31. The van der Waals surface area contributed by atoms with Crippen molar-refractivity contribution in [3.63, 3.8) is 0 Å². The number of sulfonamides is 1. The number of hydrogen-bond acceptors (Lipinski definition) is 4. The zero-order chi connectivity index (χ0) is 14.8. The fourth-order valence-electron chi connectivity index (χ4n) is 1.57. The zero-order valence-corrected chi connectivity index (χ0v) is 15.1. The second kappa shape index (κ2) is 6.67. The monoisotopic (exact) mass is 438 g/mol. The number of rotatable bonds is 5. The number of halogens is 2. The van der Waals surface area contributed by atoms with E-state index in [0.29, 0.717) is 10.3 Å². The lowest BCUT2D eigenvalue weighted by molar-refractivity contribution is 0.581. The van der Waals surface area contributed by atoms with Crippen LogP contribution in [-0.4, -0.2) is 8.42 Å². The number of nitrogens with two attached hydrogens (primary N) is 1. The van der Waals surface area contributed by atoms with Crippen LogP contribution in [0.4, 0.5) is 0 Å². The molecule has 20 heavy (non-hydrogen) atoms. The minimum atomic E-state index is -3.56. The van der Waals surface area contributed by atoms with Gasteiger partial charge < -0.3 is 5.73 Å². The van der Waals surface area contributed by atoms with Gasteiger partial charge in [0.1, 0.15) is 4.90 Å². The van der Waals surface area contributed by atoms with E-state index in [2.05, 4.69) is 36.6 Å². The number of nitrogens with one attached hydrogen (secondary N) is 1. The molecule has 0 radical (unpaired) electrons. The summed E-state index contributed by atoms with van der Waals surface area (Å²) in [5.74, 6) is 0. The van der Waals surface area contributed by atoms with Crippen molar-refractivity contribution in [1.29, 1.82) is 0 Å². The van der Waals surface area contributed by atoms with Crippen molar-refractivity contribution in [3.8, 4) is 0 Å². The Morgan fingerprint density at radius 3 is 2.55 bits per heavy atom. The predicted molar refractivity (Wildman–Crippen MR) is 88.1 cm³/mol. The minimum Gasteiger partial charge on any atom is -0.326 e. The van der Waals surface area contributed by atoms with E-state index in [1.165, 1.54) is 11.3 Å². The van der Waals surface area contributed by atoms with Crippen LogP contribution in [-0.2, 0) is 23.1 Å². The lowest BCUT2D eigenvalue weighted by Crippen LogP contribution is -2.23. The van der Waals surface area contributed by atoms with Gasteiger partial charge in [0.05, 0.1) is 3.79 Å². The lowest BCUT2D eigenvalue weighted by atomic mass is 10.2. The van der Waals surface area contributed by atoms with Gasteiger partial charge in [-0.1, -0.05) is 34.1 Å². The molecule has 1 aromatic carbocycles. The summed E-state index contributed by atoms with van der Waals surface area (Å²) in [5.41, 5.74) is 6.40. The summed E-state index contributed by atoms with van der Waals surface area (Å²) < 4.78 is 28.6. The van der Waals surface area contributed by atoms with E-state index in [1.807, 2.05) is 24.3 Å². The van der Waals surface area contributed by atoms with Crippen molar-refractivity contribution < 1.29 is 8.42 Å². The summed E-state index contributed by atoms with van der Waals surface area (Å²) in [5, 5.41) is 0. The van der Waals surface area contributed by atoms with Crippen molar-refractivity contribution >= 4 is 53.2 Å². The zero-order valence-electron chi connectivity index (χ0n) is 10.3. The van der Waals surface area contributed by atoms with Gasteiger partial charge >= 0.3 is 0 Å². The van der Waals surface area contributed by atoms with Gasteiger partial charge in [0.15, 0.2) is 0 Å². The van der Waals surface area contributed by atoms with Crippen molar-refractivity contribution in [2.75, 3.05) is 0 Å². The molecule has 0 saturated heterocycles. The third-order valence-corrected chi connectivity index (χ3v) is 7.06. The lowest BCUT2D eigenvalue weighted by Gasteiger charge is -2.07. The van der Waals surface area contributed by atoms with Gasteiger partial charge in [0.2, 0.25) is 10.0 Å². The van der Waals surface area contributed by atoms with Crippen LogP contribution >= 0.6 is 43.2 Å². The molecule has 1 aromatic heterocycles. The summed E-state index contributed by atoms with van der Waals surface area (Å²) >= 11 is 7.99. The smallest absolute Gasteiger partial charge is 0.242 e. The molecule has 0 aliphatic heterocycles. The van der Waals surface area contributed by atoms with Crippen LogP contribution in [0.3, 0.4) is 0 Å². The highest BCUT2D eigenvalue weighted by molar-refractivity contribution is 9.11. The van der Waals surface area contributed by atoms with Crippen molar-refractivity contribution in [3.05, 3.63) is 49.0 Å². The van der Waals surface area contributed by atoms with E-state index in [9.17, 15) is 8.42 Å². The molecular formula is C12H12Br2N2O2S2. The molecule has 0 bridgehead atoms. The van der Waals surface area contributed by atoms with Crippen molar-refractivity contribution in [2.24, 2.45) is 5.73 Å². The first-order valence-electron chi connectivity index (χ1n) is 5.65. The van der Waals surface area contributed by atoms with Crippen LogP contribution in [0.25, 0.3) is 0 Å². The maximum absolute atomic E-state index is 12.3. The Kier molecular flexibility index (Phi) is 5.38. The molecule has 3 N–H and O–H groups in total. The molecule has 0 unspecified atom stereocenters. The maximum atomic E-state index is 12.3. The Balaban J connectivity index is 2.19. The summed E-state index contributed by atoms with van der Waals surface area (Å²) in [7, 11) is -3.56. The first-order chi connectivity index (χ1) is 9.44. The molecule has 1 heterocycles. The summed E-state index contributed by atoms with van der Waals surface area (Å²) in [6.07, 6.45) is 0. The molecule has 0 aliphatic rings. The Morgan fingerprint density at radius 2 is 1.95 bits per heavy atom. The molecule has 0 fully saturated rings. The van der Waals surface area contributed by atoms with E-state index in [0.717, 1.165) is 14.9 Å². The number of hydrogen-bond donors (Lipinski definition) is 2. The molecule has 2 aromatic rings. The van der Waals surface area contributed by atoms with Gasteiger partial charge in [-0.3, -0.25) is 0 Å². The molecule has 0 amide bonds. The topological polar surface area (TPSA) is 72.2 Å². The Morgan fingerprint density at radius 1 is 1.25 bits per heavy atom. The van der Waals surface area contributed by atoms with Gasteiger partial charge in [-0.25, -0.2) is 13.1 Å². The average Bonchev–Trinajstić information content (AvgIpc) is 2.80. The van der Waals surface area contributed by atoms with Gasteiger partial charge in [-0.2, -0.15) is 0 Å². The third kappa shape index (κ3) is 3.69. The summed E-state index contributed by atoms with van der Waals surface area (Å²) in [4.78, 5) is 1.05. The highest BCUT2D eigenvalue weighted by Gasteiger charge is 2.20. The summed E-state index contributed by atoms with van der Waals surface area (Å²) in [6, 6.07) is 9.07. The quantitative estimate of drug-likeness (QED) is 0.751. The molecular weight excluding hydrogens is 428 g/mol. The maximum Gasteiger partial charge on any atom is 0.242 e. The van der Waals surface area contributed by atoms with E-state index in [-0.39, 0.29) is 11.4 Å². The van der Waals surface area contributed by atoms with Gasteiger partial charge in [0, 0.05) is 22.4 Å². The molecule has 0 saturated carbocycles. The minimum absolute atomic E-state index is 0.226. The fourth-order valence-corrected chi connectivity index (χ4v) is 5.56. The molecule has 0 spiro atoms. The van der Waals surface area contributed by atoms with Gasteiger partial charge in [-0.15, -0.1) is 11.3 Å². The first kappa shape index (κ1) is 16.1. The van der Waals surface area contributed by atoms with Crippen LogP contribution in [0, 0.1) is 0 Å². The predicted octanol–water partition coefficient (Wildman–Crippen LogP) is 3.21. The normalized spacial score (nSPS) is 11.8. The fraction of sp³-hybridized carbons (Fsp3) is 0.167.